The molecule has 0 saturated carbocycles. The lowest BCUT2D eigenvalue weighted by atomic mass is 10.0. The van der Waals surface area contributed by atoms with E-state index in [1.807, 2.05) is 19.0 Å². The summed E-state index contributed by atoms with van der Waals surface area (Å²) in [7, 11) is 3.65. The molecule has 1 aromatic heterocycles. The maximum absolute atomic E-state index is 11.4. The zero-order valence-electron chi connectivity index (χ0n) is 10.5. The Morgan fingerprint density at radius 1 is 1.28 bits per heavy atom. The molecule has 0 bridgehead atoms. The molecule has 1 heterocycles. The Morgan fingerprint density at radius 2 is 1.94 bits per heavy atom. The van der Waals surface area contributed by atoms with Crippen molar-refractivity contribution in [2.24, 2.45) is 0 Å². The zero-order valence-corrected chi connectivity index (χ0v) is 10.5. The second-order valence-electron chi connectivity index (χ2n) is 4.59. The third-order valence-electron chi connectivity index (χ3n) is 2.76. The minimum atomic E-state index is -0.468. The molecule has 0 radical (unpaired) electrons. The molecule has 0 aliphatic heterocycles. The number of hydrogen-bond donors (Lipinski definition) is 2. The Labute approximate surface area is 104 Å². The molecular formula is C13H15NO4. The molecule has 2 aromatic rings. The van der Waals surface area contributed by atoms with Crippen molar-refractivity contribution in [1.82, 2.24) is 4.90 Å². The highest BCUT2D eigenvalue weighted by molar-refractivity contribution is 5.87. The highest BCUT2D eigenvalue weighted by atomic mass is 16.4. The van der Waals surface area contributed by atoms with E-state index in [0.29, 0.717) is 28.6 Å². The molecular weight excluding hydrogens is 234 g/mol. The van der Waals surface area contributed by atoms with Crippen LogP contribution in [0.3, 0.4) is 0 Å². The summed E-state index contributed by atoms with van der Waals surface area (Å²) in [6, 6.07) is 2.76. The van der Waals surface area contributed by atoms with Crippen molar-refractivity contribution in [3.05, 3.63) is 33.7 Å². The summed E-state index contributed by atoms with van der Waals surface area (Å²) in [5, 5.41) is 20.2. The zero-order chi connectivity index (χ0) is 13.4. The third-order valence-corrected chi connectivity index (χ3v) is 2.76. The molecule has 0 fully saturated rings. The van der Waals surface area contributed by atoms with Gasteiger partial charge in [0.1, 0.15) is 5.58 Å². The quantitative estimate of drug-likeness (QED) is 0.624. The first-order valence-electron chi connectivity index (χ1n) is 5.53. The van der Waals surface area contributed by atoms with Crippen molar-refractivity contribution in [3.8, 4) is 11.5 Å². The van der Waals surface area contributed by atoms with Gasteiger partial charge in [-0.05, 0) is 32.6 Å². The van der Waals surface area contributed by atoms with Crippen LogP contribution in [-0.4, -0.2) is 29.2 Å². The summed E-state index contributed by atoms with van der Waals surface area (Å²) in [4.78, 5) is 13.2. The van der Waals surface area contributed by atoms with E-state index in [1.54, 1.807) is 6.92 Å². The van der Waals surface area contributed by atoms with Crippen LogP contribution in [0, 0.1) is 6.92 Å². The summed E-state index contributed by atoms with van der Waals surface area (Å²) >= 11 is 0. The van der Waals surface area contributed by atoms with E-state index in [-0.39, 0.29) is 11.5 Å². The van der Waals surface area contributed by atoms with E-state index in [0.717, 1.165) is 0 Å². The van der Waals surface area contributed by atoms with Gasteiger partial charge in [0, 0.05) is 18.0 Å². The number of phenolic OH excluding ortho intramolecular Hbond substituents is 2. The molecule has 0 amide bonds. The molecule has 0 aliphatic carbocycles. The summed E-state index contributed by atoms with van der Waals surface area (Å²) in [6.45, 7) is 2.12. The van der Waals surface area contributed by atoms with Crippen molar-refractivity contribution in [3.63, 3.8) is 0 Å². The normalized spacial score (nSPS) is 11.3. The first-order valence-corrected chi connectivity index (χ1v) is 5.53. The summed E-state index contributed by atoms with van der Waals surface area (Å²) in [6.07, 6.45) is 0. The number of aryl methyl sites for hydroxylation is 1. The van der Waals surface area contributed by atoms with Crippen LogP contribution in [0.4, 0.5) is 0 Å². The van der Waals surface area contributed by atoms with Crippen LogP contribution >= 0.6 is 0 Å². The number of benzene rings is 1. The molecule has 2 rings (SSSR count). The van der Waals surface area contributed by atoms with Gasteiger partial charge >= 0.3 is 5.63 Å². The van der Waals surface area contributed by atoms with Crippen LogP contribution in [0.1, 0.15) is 11.1 Å². The van der Waals surface area contributed by atoms with Crippen LogP contribution in [0.5, 0.6) is 11.5 Å². The molecule has 0 aliphatic rings. The molecule has 1 aromatic carbocycles. The minimum absolute atomic E-state index is 0.212. The fraction of sp³-hybridized carbons (Fsp3) is 0.308. The number of hydrogen-bond acceptors (Lipinski definition) is 5. The minimum Gasteiger partial charge on any atom is -0.504 e. The van der Waals surface area contributed by atoms with E-state index < -0.39 is 5.63 Å². The van der Waals surface area contributed by atoms with E-state index in [2.05, 4.69) is 0 Å². The monoisotopic (exact) mass is 249 g/mol. The number of rotatable bonds is 2. The Bertz CT molecular complexity index is 658. The van der Waals surface area contributed by atoms with Crippen LogP contribution in [0.25, 0.3) is 11.0 Å². The van der Waals surface area contributed by atoms with Crippen LogP contribution in [-0.2, 0) is 6.54 Å². The van der Waals surface area contributed by atoms with Crippen molar-refractivity contribution < 1.29 is 14.6 Å². The highest BCUT2D eigenvalue weighted by Gasteiger charge is 2.16. The lowest BCUT2D eigenvalue weighted by Crippen LogP contribution is -2.12. The van der Waals surface area contributed by atoms with Gasteiger partial charge in [0.15, 0.2) is 11.5 Å². The van der Waals surface area contributed by atoms with Crippen molar-refractivity contribution in [2.45, 2.75) is 13.5 Å². The van der Waals surface area contributed by atoms with Crippen LogP contribution in [0.15, 0.2) is 21.3 Å². The van der Waals surface area contributed by atoms with Gasteiger partial charge < -0.3 is 19.5 Å². The average molecular weight is 249 g/mol. The molecule has 0 atom stereocenters. The maximum atomic E-state index is 11.4. The second-order valence-corrected chi connectivity index (χ2v) is 4.59. The number of fused-ring (bicyclic) bond motifs is 1. The molecule has 0 spiro atoms. The standard InChI is InChI=1S/C13H15NO4/c1-7-4-11(16)18-13-8(7)5-10(15)12(17)9(13)6-14(2)3/h4-5,15,17H,6H2,1-3H3. The predicted octanol–water partition coefficient (Wildman–Crippen LogP) is 1.57. The molecule has 18 heavy (non-hydrogen) atoms. The maximum Gasteiger partial charge on any atom is 0.336 e. The summed E-state index contributed by atoms with van der Waals surface area (Å²) in [5.74, 6) is -0.457. The molecule has 96 valence electrons. The first kappa shape index (κ1) is 12.4. The lowest BCUT2D eigenvalue weighted by molar-refractivity contribution is 0.366. The predicted molar refractivity (Wildman–Crippen MR) is 67.9 cm³/mol. The number of aromatic hydroxyl groups is 2. The first-order chi connectivity index (χ1) is 8.40. The van der Waals surface area contributed by atoms with Crippen molar-refractivity contribution >= 4 is 11.0 Å². The Morgan fingerprint density at radius 3 is 2.56 bits per heavy atom. The van der Waals surface area contributed by atoms with Gasteiger partial charge in [0.25, 0.3) is 0 Å². The summed E-state index contributed by atoms with van der Waals surface area (Å²) in [5.41, 5.74) is 0.974. The van der Waals surface area contributed by atoms with Crippen LogP contribution < -0.4 is 5.63 Å². The largest absolute Gasteiger partial charge is 0.504 e. The van der Waals surface area contributed by atoms with Crippen LogP contribution in [0.2, 0.25) is 0 Å². The van der Waals surface area contributed by atoms with Gasteiger partial charge in [-0.3, -0.25) is 0 Å². The van der Waals surface area contributed by atoms with Gasteiger partial charge in [0.05, 0.1) is 5.56 Å². The average Bonchev–Trinajstić information content (AvgIpc) is 2.26. The SMILES string of the molecule is Cc1cc(=O)oc2c(CN(C)C)c(O)c(O)cc12. The van der Waals surface area contributed by atoms with Gasteiger partial charge in [0.2, 0.25) is 0 Å². The van der Waals surface area contributed by atoms with Gasteiger partial charge in [-0.25, -0.2) is 4.79 Å². The van der Waals surface area contributed by atoms with Crippen molar-refractivity contribution in [1.29, 1.82) is 0 Å². The van der Waals surface area contributed by atoms with E-state index in [4.69, 9.17) is 4.42 Å². The fourth-order valence-electron chi connectivity index (χ4n) is 1.95. The smallest absolute Gasteiger partial charge is 0.336 e. The lowest BCUT2D eigenvalue weighted by Gasteiger charge is -2.14. The van der Waals surface area contributed by atoms with E-state index in [1.165, 1.54) is 12.1 Å². The Balaban J connectivity index is 2.87. The summed E-state index contributed by atoms with van der Waals surface area (Å²) < 4.78 is 5.16. The molecule has 2 N–H and O–H groups in total. The van der Waals surface area contributed by atoms with E-state index >= 15 is 0 Å². The fourth-order valence-corrected chi connectivity index (χ4v) is 1.95. The third kappa shape index (κ3) is 2.04. The molecule has 0 saturated heterocycles. The van der Waals surface area contributed by atoms with Crippen molar-refractivity contribution in [2.75, 3.05) is 14.1 Å². The highest BCUT2D eigenvalue weighted by Crippen LogP contribution is 2.36. The van der Waals surface area contributed by atoms with Gasteiger partial charge in [-0.2, -0.15) is 0 Å². The second kappa shape index (κ2) is 4.34. The topological polar surface area (TPSA) is 73.9 Å². The van der Waals surface area contributed by atoms with Gasteiger partial charge in [-0.1, -0.05) is 0 Å². The Hall–Kier alpha value is -2.01. The Kier molecular flexibility index (Phi) is 3.00. The molecule has 0 unspecified atom stereocenters. The van der Waals surface area contributed by atoms with Gasteiger partial charge in [-0.15, -0.1) is 0 Å². The molecule has 5 nitrogen and oxygen atoms in total. The van der Waals surface area contributed by atoms with E-state index in [9.17, 15) is 15.0 Å². The number of phenols is 2. The number of nitrogens with zero attached hydrogens (tertiary/aromatic N) is 1. The molecule has 5 heteroatoms.